The Hall–Kier alpha value is -1.55. The number of benzene rings is 1. The van der Waals surface area contributed by atoms with Crippen LogP contribution < -0.4 is 15.4 Å². The van der Waals surface area contributed by atoms with Crippen LogP contribution >= 0.6 is 24.0 Å². The molecule has 0 atom stereocenters. The second-order valence-corrected chi connectivity index (χ2v) is 6.81. The molecule has 0 unspecified atom stereocenters. The van der Waals surface area contributed by atoms with Crippen LogP contribution in [-0.2, 0) is 20.8 Å². The Morgan fingerprint density at radius 3 is 2.57 bits per heavy atom. The summed E-state index contributed by atoms with van der Waals surface area (Å²) in [5.74, 6) is 1.51. The van der Waals surface area contributed by atoms with Gasteiger partial charge in [-0.25, -0.2) is 4.99 Å². The smallest absolute Gasteiger partial charge is 0.305 e. The molecule has 1 rings (SSSR count). The van der Waals surface area contributed by atoms with Crippen molar-refractivity contribution in [2.24, 2.45) is 4.99 Å². The number of nitrogens with zero attached hydrogens (tertiary/aromatic N) is 1. The van der Waals surface area contributed by atoms with Crippen LogP contribution in [0.3, 0.4) is 0 Å². The number of hydrogen-bond acceptors (Lipinski definition) is 5. The van der Waals surface area contributed by atoms with Crippen LogP contribution in [0, 0.1) is 6.92 Å². The highest BCUT2D eigenvalue weighted by atomic mass is 127. The van der Waals surface area contributed by atoms with Gasteiger partial charge in [-0.15, -0.1) is 24.0 Å². The van der Waals surface area contributed by atoms with E-state index in [9.17, 15) is 4.79 Å². The summed E-state index contributed by atoms with van der Waals surface area (Å²) in [4.78, 5) is 15.8. The number of guanidine groups is 1. The molecule has 0 radical (unpaired) electrons. The summed E-state index contributed by atoms with van der Waals surface area (Å²) < 4.78 is 15.7. The second kappa shape index (κ2) is 18.2. The van der Waals surface area contributed by atoms with E-state index in [-0.39, 0.29) is 29.9 Å². The second-order valence-electron chi connectivity index (χ2n) is 6.81. The van der Waals surface area contributed by atoms with Crippen molar-refractivity contribution >= 4 is 35.9 Å². The van der Waals surface area contributed by atoms with Crippen molar-refractivity contribution < 1.29 is 19.0 Å². The highest BCUT2D eigenvalue weighted by Crippen LogP contribution is 2.21. The minimum absolute atomic E-state index is 0. The first-order valence-corrected chi connectivity index (χ1v) is 10.4. The molecule has 0 fully saturated rings. The first-order valence-electron chi connectivity index (χ1n) is 10.4. The van der Waals surface area contributed by atoms with Crippen molar-refractivity contribution in [1.82, 2.24) is 10.6 Å². The molecular weight excluding hydrogens is 497 g/mol. The number of hydrogen-bond donors (Lipinski definition) is 2. The molecule has 30 heavy (non-hydrogen) atoms. The van der Waals surface area contributed by atoms with Crippen LogP contribution in [0.15, 0.2) is 23.2 Å². The largest absolute Gasteiger partial charge is 0.493 e. The fraction of sp³-hybridized carbons (Fsp3) is 0.636. The van der Waals surface area contributed by atoms with Crippen LogP contribution in [0.1, 0.15) is 50.2 Å². The third-order valence-electron chi connectivity index (χ3n) is 4.30. The standard InChI is InChI=1S/C22H37N3O4.HI/c1-5-23-22(24-13-8-6-7-10-21(26)28-4)25-17-19-12-11-18(2)16-20(19)29-15-9-14-27-3;/h11-12,16H,5-10,13-15,17H2,1-4H3,(H2,23,24,25);1H. The van der Waals surface area contributed by atoms with Gasteiger partial charge in [0.05, 0.1) is 20.3 Å². The summed E-state index contributed by atoms with van der Waals surface area (Å²) in [6.45, 7) is 7.55. The average Bonchev–Trinajstić information content (AvgIpc) is 2.72. The van der Waals surface area contributed by atoms with Gasteiger partial charge in [-0.05, 0) is 38.3 Å². The van der Waals surface area contributed by atoms with Gasteiger partial charge in [0.15, 0.2) is 5.96 Å². The number of aryl methyl sites for hydroxylation is 1. The summed E-state index contributed by atoms with van der Waals surface area (Å²) in [5.41, 5.74) is 2.22. The van der Waals surface area contributed by atoms with Gasteiger partial charge in [0.2, 0.25) is 0 Å². The van der Waals surface area contributed by atoms with Crippen molar-refractivity contribution in [3.8, 4) is 5.75 Å². The molecule has 0 spiro atoms. The van der Waals surface area contributed by atoms with Gasteiger partial charge in [0.25, 0.3) is 0 Å². The van der Waals surface area contributed by atoms with Crippen LogP contribution in [-0.4, -0.2) is 52.5 Å². The van der Waals surface area contributed by atoms with Crippen molar-refractivity contribution in [2.45, 2.75) is 52.5 Å². The molecule has 1 aromatic carbocycles. The van der Waals surface area contributed by atoms with Crippen molar-refractivity contribution in [3.63, 3.8) is 0 Å². The maximum Gasteiger partial charge on any atom is 0.305 e. The number of aliphatic imine (C=N–C) groups is 1. The minimum Gasteiger partial charge on any atom is -0.493 e. The lowest BCUT2D eigenvalue weighted by Gasteiger charge is -2.13. The zero-order chi connectivity index (χ0) is 21.3. The Morgan fingerprint density at radius 2 is 1.87 bits per heavy atom. The molecule has 0 bridgehead atoms. The molecule has 0 aliphatic heterocycles. The number of carbonyl (C=O) groups excluding carboxylic acids is 1. The van der Waals surface area contributed by atoms with E-state index in [1.54, 1.807) is 7.11 Å². The van der Waals surface area contributed by atoms with Gasteiger partial charge in [-0.3, -0.25) is 4.79 Å². The van der Waals surface area contributed by atoms with Gasteiger partial charge >= 0.3 is 5.97 Å². The van der Waals surface area contributed by atoms with E-state index < -0.39 is 0 Å². The van der Waals surface area contributed by atoms with E-state index in [1.807, 2.05) is 6.92 Å². The molecule has 0 heterocycles. The van der Waals surface area contributed by atoms with Crippen molar-refractivity contribution in [3.05, 3.63) is 29.3 Å². The number of nitrogens with one attached hydrogen (secondary N) is 2. The van der Waals surface area contributed by atoms with E-state index in [0.29, 0.717) is 26.2 Å². The number of methoxy groups -OCH3 is 2. The number of esters is 1. The van der Waals surface area contributed by atoms with Crippen molar-refractivity contribution in [2.75, 3.05) is 40.5 Å². The summed E-state index contributed by atoms with van der Waals surface area (Å²) in [6, 6.07) is 6.20. The molecule has 8 heteroatoms. The minimum atomic E-state index is -0.147. The Morgan fingerprint density at radius 1 is 1.07 bits per heavy atom. The highest BCUT2D eigenvalue weighted by molar-refractivity contribution is 14.0. The number of unbranched alkanes of at least 4 members (excludes halogenated alkanes) is 2. The van der Waals surface area contributed by atoms with Crippen LogP contribution in [0.25, 0.3) is 0 Å². The van der Waals surface area contributed by atoms with E-state index in [4.69, 9.17) is 14.5 Å². The molecule has 0 aliphatic rings. The maximum absolute atomic E-state index is 11.1. The molecule has 0 aliphatic carbocycles. The zero-order valence-electron chi connectivity index (χ0n) is 18.8. The molecule has 172 valence electrons. The normalized spacial score (nSPS) is 10.9. The van der Waals surface area contributed by atoms with Gasteiger partial charge in [-0.1, -0.05) is 18.6 Å². The predicted molar refractivity (Wildman–Crippen MR) is 132 cm³/mol. The summed E-state index contributed by atoms with van der Waals surface area (Å²) >= 11 is 0. The summed E-state index contributed by atoms with van der Waals surface area (Å²) in [7, 11) is 3.12. The number of carbonyl (C=O) groups is 1. The molecule has 1 aromatic rings. The maximum atomic E-state index is 11.1. The molecule has 2 N–H and O–H groups in total. The first-order chi connectivity index (χ1) is 14.1. The number of halogens is 1. The topological polar surface area (TPSA) is 81.2 Å². The molecular formula is C22H38IN3O4. The van der Waals surface area contributed by atoms with E-state index in [2.05, 4.69) is 40.5 Å². The van der Waals surface area contributed by atoms with Crippen LogP contribution in [0.2, 0.25) is 0 Å². The Bertz CT molecular complexity index is 626. The van der Waals surface area contributed by atoms with Gasteiger partial charge in [-0.2, -0.15) is 0 Å². The zero-order valence-corrected chi connectivity index (χ0v) is 21.1. The Kier molecular flexibility index (Phi) is 17.3. The predicted octanol–water partition coefficient (Wildman–Crippen LogP) is 3.82. The van der Waals surface area contributed by atoms with E-state index in [1.165, 1.54) is 7.11 Å². The van der Waals surface area contributed by atoms with E-state index >= 15 is 0 Å². The number of ether oxygens (including phenoxy) is 3. The fourth-order valence-electron chi connectivity index (χ4n) is 2.70. The average molecular weight is 535 g/mol. The van der Waals surface area contributed by atoms with E-state index in [0.717, 1.165) is 61.6 Å². The molecule has 0 aromatic heterocycles. The third kappa shape index (κ3) is 12.9. The summed E-state index contributed by atoms with van der Waals surface area (Å²) in [6.07, 6.45) is 4.12. The fourth-order valence-corrected chi connectivity index (χ4v) is 2.70. The third-order valence-corrected chi connectivity index (χ3v) is 4.30. The molecule has 7 nitrogen and oxygen atoms in total. The van der Waals surface area contributed by atoms with Crippen LogP contribution in [0.5, 0.6) is 5.75 Å². The SMILES string of the molecule is CCNC(=NCc1ccc(C)cc1OCCCOC)NCCCCCC(=O)OC.I. The lowest BCUT2D eigenvalue weighted by atomic mass is 10.1. The lowest BCUT2D eigenvalue weighted by Crippen LogP contribution is -2.37. The molecule has 0 amide bonds. The molecule has 0 saturated heterocycles. The quantitative estimate of drug-likeness (QED) is 0.124. The summed E-state index contributed by atoms with van der Waals surface area (Å²) in [5, 5.41) is 6.62. The van der Waals surface area contributed by atoms with Gasteiger partial charge in [0, 0.05) is 45.2 Å². The lowest BCUT2D eigenvalue weighted by molar-refractivity contribution is -0.140. The van der Waals surface area contributed by atoms with Crippen LogP contribution in [0.4, 0.5) is 0 Å². The van der Waals surface area contributed by atoms with Gasteiger partial charge in [0.1, 0.15) is 5.75 Å². The highest BCUT2D eigenvalue weighted by Gasteiger charge is 2.06. The Balaban J connectivity index is 0.00000841. The first kappa shape index (κ1) is 28.5. The number of rotatable bonds is 14. The van der Waals surface area contributed by atoms with Crippen molar-refractivity contribution in [1.29, 1.82) is 0 Å². The monoisotopic (exact) mass is 535 g/mol. The Labute approximate surface area is 198 Å². The van der Waals surface area contributed by atoms with Gasteiger partial charge < -0.3 is 24.8 Å². The molecule has 0 saturated carbocycles.